The number of aromatic amines is 1. The zero-order chi connectivity index (χ0) is 24.1. The van der Waals surface area contributed by atoms with Crippen molar-refractivity contribution in [3.63, 3.8) is 0 Å². The summed E-state index contributed by atoms with van der Waals surface area (Å²) in [6, 6.07) is 17.4. The molecule has 0 saturated heterocycles. The standard InChI is InChI=1S/C25H25N3O5S/c1-17-8-10-19(11-9-17)34(31,32)23(22-7-4-14-33-22)16-28-25(30)24(29)26-13-12-18-15-27-21-6-3-2-5-20(18)21/h2-11,14-15,23,27H,12-13,16H2,1H3,(H,26,29)(H,28,30)/t23-/m1/s1. The van der Waals surface area contributed by atoms with Gasteiger partial charge < -0.3 is 20.0 Å². The van der Waals surface area contributed by atoms with Crippen molar-refractivity contribution in [2.45, 2.75) is 23.5 Å². The number of carbonyl (C=O) groups excluding carboxylic acids is 2. The molecule has 0 bridgehead atoms. The third-order valence-corrected chi connectivity index (χ3v) is 7.67. The second-order valence-corrected chi connectivity index (χ2v) is 10.1. The number of fused-ring (bicyclic) bond motifs is 1. The second kappa shape index (κ2) is 9.96. The molecule has 0 spiro atoms. The van der Waals surface area contributed by atoms with Crippen LogP contribution in [0.15, 0.2) is 82.4 Å². The van der Waals surface area contributed by atoms with Crippen molar-refractivity contribution in [1.82, 2.24) is 15.6 Å². The fourth-order valence-electron chi connectivity index (χ4n) is 3.73. The molecule has 4 rings (SSSR count). The van der Waals surface area contributed by atoms with Gasteiger partial charge in [0.15, 0.2) is 9.84 Å². The van der Waals surface area contributed by atoms with Gasteiger partial charge in [0.2, 0.25) is 0 Å². The van der Waals surface area contributed by atoms with Crippen LogP contribution in [0, 0.1) is 6.92 Å². The van der Waals surface area contributed by atoms with Crippen LogP contribution < -0.4 is 10.6 Å². The van der Waals surface area contributed by atoms with Gasteiger partial charge in [0.05, 0.1) is 11.2 Å². The molecule has 2 aromatic carbocycles. The summed E-state index contributed by atoms with van der Waals surface area (Å²) in [6.07, 6.45) is 3.78. The number of hydrogen-bond acceptors (Lipinski definition) is 5. The minimum Gasteiger partial charge on any atom is -0.468 e. The highest BCUT2D eigenvalue weighted by molar-refractivity contribution is 7.91. The van der Waals surface area contributed by atoms with Crippen molar-refractivity contribution in [2.24, 2.45) is 0 Å². The van der Waals surface area contributed by atoms with E-state index in [9.17, 15) is 18.0 Å². The number of aromatic nitrogens is 1. The fourth-order valence-corrected chi connectivity index (χ4v) is 5.31. The first kappa shape index (κ1) is 23.3. The summed E-state index contributed by atoms with van der Waals surface area (Å²) in [5.74, 6) is -1.55. The van der Waals surface area contributed by atoms with E-state index in [1.807, 2.05) is 37.4 Å². The molecule has 0 aliphatic heterocycles. The molecule has 0 aliphatic rings. The van der Waals surface area contributed by atoms with Gasteiger partial charge in [-0.3, -0.25) is 9.59 Å². The van der Waals surface area contributed by atoms with E-state index in [2.05, 4.69) is 15.6 Å². The third-order valence-electron chi connectivity index (χ3n) is 5.59. The zero-order valence-electron chi connectivity index (χ0n) is 18.6. The van der Waals surface area contributed by atoms with Crippen molar-refractivity contribution in [1.29, 1.82) is 0 Å². The maximum Gasteiger partial charge on any atom is 0.309 e. The van der Waals surface area contributed by atoms with Gasteiger partial charge in [0.25, 0.3) is 0 Å². The average molecular weight is 480 g/mol. The van der Waals surface area contributed by atoms with Crippen molar-refractivity contribution in [3.8, 4) is 0 Å². The highest BCUT2D eigenvalue weighted by Gasteiger charge is 2.32. The Morgan fingerprint density at radius 1 is 0.971 bits per heavy atom. The number of H-pyrrole nitrogens is 1. The first-order valence-electron chi connectivity index (χ1n) is 10.8. The Balaban J connectivity index is 1.37. The Morgan fingerprint density at radius 2 is 1.71 bits per heavy atom. The van der Waals surface area contributed by atoms with Crippen LogP contribution in [0.2, 0.25) is 0 Å². The number of hydrogen-bond donors (Lipinski definition) is 3. The Labute approximate surface area is 197 Å². The van der Waals surface area contributed by atoms with Crippen LogP contribution in [0.5, 0.6) is 0 Å². The first-order chi connectivity index (χ1) is 16.4. The third kappa shape index (κ3) is 5.04. The van der Waals surface area contributed by atoms with E-state index in [4.69, 9.17) is 4.42 Å². The number of carbonyl (C=O) groups is 2. The first-order valence-corrected chi connectivity index (χ1v) is 12.4. The minimum atomic E-state index is -3.87. The number of nitrogens with one attached hydrogen (secondary N) is 3. The summed E-state index contributed by atoms with van der Waals surface area (Å²) in [4.78, 5) is 27.9. The Bertz CT molecular complexity index is 1390. The van der Waals surface area contributed by atoms with Gasteiger partial charge in [-0.2, -0.15) is 0 Å². The molecule has 34 heavy (non-hydrogen) atoms. The van der Waals surface area contributed by atoms with E-state index in [1.165, 1.54) is 24.5 Å². The predicted octanol–water partition coefficient (Wildman–Crippen LogP) is 3.06. The maximum absolute atomic E-state index is 13.2. The molecule has 2 heterocycles. The van der Waals surface area contributed by atoms with E-state index >= 15 is 0 Å². The normalized spacial score (nSPS) is 12.4. The maximum atomic E-state index is 13.2. The van der Waals surface area contributed by atoms with Gasteiger partial charge in [-0.05, 0) is 49.2 Å². The Kier molecular flexibility index (Phi) is 6.83. The summed E-state index contributed by atoms with van der Waals surface area (Å²) in [6.45, 7) is 1.81. The Hall–Kier alpha value is -3.85. The van der Waals surface area contributed by atoms with Crippen molar-refractivity contribution in [2.75, 3.05) is 13.1 Å². The predicted molar refractivity (Wildman–Crippen MR) is 128 cm³/mol. The summed E-state index contributed by atoms with van der Waals surface area (Å²) in [5.41, 5.74) is 2.95. The molecule has 9 heteroatoms. The van der Waals surface area contributed by atoms with Crippen LogP contribution in [0.3, 0.4) is 0 Å². The molecule has 8 nitrogen and oxygen atoms in total. The van der Waals surface area contributed by atoms with E-state index in [1.54, 1.807) is 18.2 Å². The van der Waals surface area contributed by atoms with Crippen LogP contribution in [-0.2, 0) is 25.8 Å². The number of aryl methyl sites for hydroxylation is 1. The molecule has 2 aromatic heterocycles. The summed E-state index contributed by atoms with van der Waals surface area (Å²) in [5, 5.41) is 4.90. The minimum absolute atomic E-state index is 0.108. The summed E-state index contributed by atoms with van der Waals surface area (Å²) in [7, 11) is -3.87. The van der Waals surface area contributed by atoms with Crippen LogP contribution in [0.1, 0.15) is 22.1 Å². The molecule has 1 atom stereocenters. The molecule has 0 saturated carbocycles. The van der Waals surface area contributed by atoms with E-state index in [0.29, 0.717) is 6.42 Å². The number of furan rings is 1. The topological polar surface area (TPSA) is 121 Å². The van der Waals surface area contributed by atoms with Gasteiger partial charge in [-0.25, -0.2) is 8.42 Å². The van der Waals surface area contributed by atoms with Gasteiger partial charge in [-0.1, -0.05) is 35.9 Å². The molecular formula is C25H25N3O5S. The highest BCUT2D eigenvalue weighted by atomic mass is 32.2. The lowest BCUT2D eigenvalue weighted by Crippen LogP contribution is -2.42. The van der Waals surface area contributed by atoms with Gasteiger partial charge in [-0.15, -0.1) is 0 Å². The molecule has 0 aliphatic carbocycles. The Morgan fingerprint density at radius 3 is 2.44 bits per heavy atom. The lowest BCUT2D eigenvalue weighted by Gasteiger charge is -2.16. The number of rotatable bonds is 8. The molecule has 4 aromatic rings. The van der Waals surface area contributed by atoms with Crippen LogP contribution in [-0.4, -0.2) is 38.3 Å². The summed E-state index contributed by atoms with van der Waals surface area (Å²) >= 11 is 0. The van der Waals surface area contributed by atoms with Gasteiger partial charge in [0.1, 0.15) is 11.0 Å². The second-order valence-electron chi connectivity index (χ2n) is 7.94. The molecular weight excluding hydrogens is 454 g/mol. The molecule has 176 valence electrons. The average Bonchev–Trinajstić information content (AvgIpc) is 3.50. The van der Waals surface area contributed by atoms with Gasteiger partial charge >= 0.3 is 11.8 Å². The molecule has 0 unspecified atom stereocenters. The monoisotopic (exact) mass is 479 g/mol. The van der Waals surface area contributed by atoms with E-state index in [0.717, 1.165) is 22.0 Å². The van der Waals surface area contributed by atoms with Crippen LogP contribution in [0.25, 0.3) is 10.9 Å². The number of amides is 2. The largest absolute Gasteiger partial charge is 0.468 e. The number of para-hydroxylation sites is 1. The van der Waals surface area contributed by atoms with Crippen molar-refractivity contribution < 1.29 is 22.4 Å². The van der Waals surface area contributed by atoms with Gasteiger partial charge in [0, 0.05) is 30.2 Å². The molecule has 0 radical (unpaired) electrons. The van der Waals surface area contributed by atoms with Crippen LogP contribution in [0.4, 0.5) is 0 Å². The van der Waals surface area contributed by atoms with Crippen molar-refractivity contribution in [3.05, 3.63) is 90.0 Å². The SMILES string of the molecule is Cc1ccc(S(=O)(=O)[C@H](CNC(=O)C(=O)NCCc2c[nH]c3ccccc23)c2ccco2)cc1. The zero-order valence-corrected chi connectivity index (χ0v) is 19.4. The lowest BCUT2D eigenvalue weighted by atomic mass is 10.1. The summed E-state index contributed by atoms with van der Waals surface area (Å²) < 4.78 is 31.8. The quantitative estimate of drug-likeness (QED) is 0.336. The lowest BCUT2D eigenvalue weighted by molar-refractivity contribution is -0.139. The fraction of sp³-hybridized carbons (Fsp3) is 0.200. The highest BCUT2D eigenvalue weighted by Crippen LogP contribution is 2.29. The van der Waals surface area contributed by atoms with Crippen molar-refractivity contribution >= 4 is 32.6 Å². The molecule has 3 N–H and O–H groups in total. The van der Waals surface area contributed by atoms with E-state index < -0.39 is 26.9 Å². The molecule has 2 amide bonds. The number of benzene rings is 2. The van der Waals surface area contributed by atoms with E-state index in [-0.39, 0.29) is 23.7 Å². The van der Waals surface area contributed by atoms with Crippen LogP contribution >= 0.6 is 0 Å². The smallest absolute Gasteiger partial charge is 0.309 e. The number of sulfone groups is 1. The molecule has 0 fully saturated rings.